The van der Waals surface area contributed by atoms with E-state index in [0.29, 0.717) is 23.6 Å². The zero-order valence-electron chi connectivity index (χ0n) is 9.27. The first kappa shape index (κ1) is 11.4. The molecule has 0 aliphatic heterocycles. The molecule has 2 rings (SSSR count). The SMILES string of the molecule is Cc1ncsc1CNc1ncc(N)cc1C#N. The molecule has 0 unspecified atom stereocenters. The average molecular weight is 245 g/mol. The maximum absolute atomic E-state index is 8.96. The van der Waals surface area contributed by atoms with Crippen LogP contribution in [0.1, 0.15) is 16.1 Å². The van der Waals surface area contributed by atoms with Crippen LogP contribution in [0.15, 0.2) is 17.8 Å². The lowest BCUT2D eigenvalue weighted by Gasteiger charge is -2.06. The van der Waals surface area contributed by atoms with Gasteiger partial charge in [-0.25, -0.2) is 9.97 Å². The molecule has 0 saturated heterocycles. The predicted octanol–water partition coefficient (Wildman–Crippen LogP) is 1.91. The number of anilines is 2. The lowest BCUT2D eigenvalue weighted by molar-refractivity contribution is 1.09. The van der Waals surface area contributed by atoms with Gasteiger partial charge in [-0.05, 0) is 13.0 Å². The molecule has 0 bridgehead atoms. The second-order valence-corrected chi connectivity index (χ2v) is 4.43. The minimum absolute atomic E-state index is 0.451. The van der Waals surface area contributed by atoms with Crippen LogP contribution in [0.4, 0.5) is 11.5 Å². The van der Waals surface area contributed by atoms with Crippen molar-refractivity contribution < 1.29 is 0 Å². The first-order chi connectivity index (χ1) is 8.20. The highest BCUT2D eigenvalue weighted by Gasteiger charge is 2.06. The summed E-state index contributed by atoms with van der Waals surface area (Å²) in [6.07, 6.45) is 1.53. The van der Waals surface area contributed by atoms with Gasteiger partial charge >= 0.3 is 0 Å². The normalized spacial score (nSPS) is 9.88. The van der Waals surface area contributed by atoms with Gasteiger partial charge in [0.1, 0.15) is 11.9 Å². The fourth-order valence-corrected chi connectivity index (χ4v) is 2.08. The third-order valence-corrected chi connectivity index (χ3v) is 3.23. The number of nitriles is 1. The van der Waals surface area contributed by atoms with Crippen molar-refractivity contribution in [2.45, 2.75) is 13.5 Å². The Morgan fingerprint density at radius 2 is 2.35 bits per heavy atom. The molecule has 0 aromatic carbocycles. The molecular formula is C11H11N5S. The number of nitrogens with two attached hydrogens (primary N) is 1. The van der Waals surface area contributed by atoms with Gasteiger partial charge in [0.05, 0.1) is 35.2 Å². The Hall–Kier alpha value is -2.13. The molecule has 0 aliphatic carbocycles. The van der Waals surface area contributed by atoms with Crippen LogP contribution in [-0.2, 0) is 6.54 Å². The Kier molecular flexibility index (Phi) is 3.21. The highest BCUT2D eigenvalue weighted by atomic mass is 32.1. The van der Waals surface area contributed by atoms with Crippen molar-refractivity contribution in [3.8, 4) is 6.07 Å². The summed E-state index contributed by atoms with van der Waals surface area (Å²) in [6.45, 7) is 2.57. The molecule has 3 N–H and O–H groups in total. The zero-order valence-corrected chi connectivity index (χ0v) is 10.1. The smallest absolute Gasteiger partial charge is 0.144 e. The molecule has 86 valence electrons. The lowest BCUT2D eigenvalue weighted by atomic mass is 10.2. The van der Waals surface area contributed by atoms with Crippen LogP contribution in [-0.4, -0.2) is 9.97 Å². The fourth-order valence-electron chi connectivity index (χ4n) is 1.37. The largest absolute Gasteiger partial charge is 0.397 e. The second kappa shape index (κ2) is 4.80. The Labute approximate surface area is 103 Å². The molecule has 2 heterocycles. The molecule has 17 heavy (non-hydrogen) atoms. The standard InChI is InChI=1S/C11H11N5S/c1-7-10(17-6-16-7)5-15-11-8(3-12)2-9(13)4-14-11/h2,4,6H,5,13H2,1H3,(H,14,15). The molecule has 6 heteroatoms. The zero-order chi connectivity index (χ0) is 12.3. The molecule has 0 spiro atoms. The quantitative estimate of drug-likeness (QED) is 0.862. The molecule has 2 aromatic rings. The van der Waals surface area contributed by atoms with E-state index in [1.54, 1.807) is 22.9 Å². The molecule has 0 atom stereocenters. The van der Waals surface area contributed by atoms with Crippen molar-refractivity contribution in [3.05, 3.63) is 33.9 Å². The molecular weight excluding hydrogens is 234 g/mol. The number of nitrogen functional groups attached to an aromatic ring is 1. The maximum atomic E-state index is 8.96. The third kappa shape index (κ3) is 2.52. The van der Waals surface area contributed by atoms with Gasteiger partial charge in [-0.3, -0.25) is 0 Å². The minimum atomic E-state index is 0.451. The summed E-state index contributed by atoms with van der Waals surface area (Å²) in [5.74, 6) is 0.550. The molecule has 0 amide bonds. The van der Waals surface area contributed by atoms with Crippen LogP contribution in [0.3, 0.4) is 0 Å². The van der Waals surface area contributed by atoms with Gasteiger partial charge < -0.3 is 11.1 Å². The number of aromatic nitrogens is 2. The predicted molar refractivity (Wildman–Crippen MR) is 67.5 cm³/mol. The number of rotatable bonds is 3. The van der Waals surface area contributed by atoms with Gasteiger partial charge in [-0.2, -0.15) is 5.26 Å². The van der Waals surface area contributed by atoms with Crippen molar-refractivity contribution in [3.63, 3.8) is 0 Å². The first-order valence-electron chi connectivity index (χ1n) is 4.99. The van der Waals surface area contributed by atoms with E-state index in [4.69, 9.17) is 11.0 Å². The second-order valence-electron chi connectivity index (χ2n) is 3.49. The van der Waals surface area contributed by atoms with Gasteiger partial charge in [0.25, 0.3) is 0 Å². The Morgan fingerprint density at radius 3 is 3.00 bits per heavy atom. The van der Waals surface area contributed by atoms with Crippen LogP contribution < -0.4 is 11.1 Å². The van der Waals surface area contributed by atoms with Gasteiger partial charge in [0, 0.05) is 4.88 Å². The number of hydrogen-bond donors (Lipinski definition) is 2. The number of thiazole rings is 1. The van der Waals surface area contributed by atoms with Crippen LogP contribution in [0.2, 0.25) is 0 Å². The summed E-state index contributed by atoms with van der Waals surface area (Å²) in [5.41, 5.74) is 9.30. The molecule has 0 saturated carbocycles. The summed E-state index contributed by atoms with van der Waals surface area (Å²) in [4.78, 5) is 9.39. The van der Waals surface area contributed by atoms with Crippen molar-refractivity contribution in [2.24, 2.45) is 0 Å². The van der Waals surface area contributed by atoms with Crippen molar-refractivity contribution >= 4 is 22.8 Å². The summed E-state index contributed by atoms with van der Waals surface area (Å²) in [6, 6.07) is 3.67. The van der Waals surface area contributed by atoms with E-state index in [1.165, 1.54) is 6.20 Å². The summed E-state index contributed by atoms with van der Waals surface area (Å²) in [5, 5.41) is 12.1. The van der Waals surface area contributed by atoms with Crippen molar-refractivity contribution in [1.82, 2.24) is 9.97 Å². The van der Waals surface area contributed by atoms with Crippen LogP contribution >= 0.6 is 11.3 Å². The molecule has 0 fully saturated rings. The van der Waals surface area contributed by atoms with Crippen molar-refractivity contribution in [2.75, 3.05) is 11.1 Å². The Bertz CT molecular complexity index is 569. The maximum Gasteiger partial charge on any atom is 0.144 e. The number of aryl methyl sites for hydroxylation is 1. The van der Waals surface area contributed by atoms with E-state index >= 15 is 0 Å². The number of pyridine rings is 1. The topological polar surface area (TPSA) is 87.6 Å². The van der Waals surface area contributed by atoms with E-state index in [1.807, 2.05) is 6.92 Å². The number of hydrogen-bond acceptors (Lipinski definition) is 6. The van der Waals surface area contributed by atoms with E-state index in [-0.39, 0.29) is 0 Å². The summed E-state index contributed by atoms with van der Waals surface area (Å²) >= 11 is 1.58. The van der Waals surface area contributed by atoms with E-state index in [2.05, 4.69) is 21.4 Å². The lowest BCUT2D eigenvalue weighted by Crippen LogP contribution is -2.04. The Morgan fingerprint density at radius 1 is 1.53 bits per heavy atom. The van der Waals surface area contributed by atoms with E-state index in [9.17, 15) is 0 Å². The van der Waals surface area contributed by atoms with Gasteiger partial charge in [-0.1, -0.05) is 0 Å². The number of nitrogens with one attached hydrogen (secondary N) is 1. The molecule has 0 radical (unpaired) electrons. The highest BCUT2D eigenvalue weighted by molar-refractivity contribution is 7.09. The molecule has 5 nitrogen and oxygen atoms in total. The van der Waals surface area contributed by atoms with Crippen LogP contribution in [0.25, 0.3) is 0 Å². The van der Waals surface area contributed by atoms with E-state index in [0.717, 1.165) is 10.6 Å². The average Bonchev–Trinajstić information content (AvgIpc) is 2.73. The third-order valence-electron chi connectivity index (χ3n) is 2.29. The summed E-state index contributed by atoms with van der Waals surface area (Å²) in [7, 11) is 0. The minimum Gasteiger partial charge on any atom is -0.397 e. The molecule has 0 aliphatic rings. The van der Waals surface area contributed by atoms with Gasteiger partial charge in [0.15, 0.2) is 0 Å². The highest BCUT2D eigenvalue weighted by Crippen LogP contribution is 2.17. The Balaban J connectivity index is 2.15. The van der Waals surface area contributed by atoms with Gasteiger partial charge in [-0.15, -0.1) is 11.3 Å². The van der Waals surface area contributed by atoms with Crippen LogP contribution in [0, 0.1) is 18.3 Å². The van der Waals surface area contributed by atoms with Crippen LogP contribution in [0.5, 0.6) is 0 Å². The first-order valence-corrected chi connectivity index (χ1v) is 5.87. The van der Waals surface area contributed by atoms with Gasteiger partial charge in [0.2, 0.25) is 0 Å². The number of nitrogens with zero attached hydrogens (tertiary/aromatic N) is 3. The van der Waals surface area contributed by atoms with Crippen molar-refractivity contribution in [1.29, 1.82) is 5.26 Å². The summed E-state index contributed by atoms with van der Waals surface area (Å²) < 4.78 is 0. The van der Waals surface area contributed by atoms with E-state index < -0.39 is 0 Å². The fraction of sp³-hybridized carbons (Fsp3) is 0.182. The molecule has 2 aromatic heterocycles. The monoisotopic (exact) mass is 245 g/mol.